The molecule has 0 radical (unpaired) electrons. The number of allylic oxidation sites excluding steroid dienone is 1. The van der Waals surface area contributed by atoms with Crippen LogP contribution in [0.5, 0.6) is 0 Å². The monoisotopic (exact) mass is 481 g/mol. The van der Waals surface area contributed by atoms with Crippen LogP contribution in [0, 0.1) is 6.92 Å². The van der Waals surface area contributed by atoms with Gasteiger partial charge in [0.05, 0.1) is 6.54 Å². The van der Waals surface area contributed by atoms with Gasteiger partial charge in [-0.1, -0.05) is 30.3 Å². The highest BCUT2D eigenvalue weighted by molar-refractivity contribution is 14.0. The third-order valence-electron chi connectivity index (χ3n) is 4.28. The van der Waals surface area contributed by atoms with E-state index in [2.05, 4.69) is 64.6 Å². The molecule has 2 aromatic rings. The van der Waals surface area contributed by atoms with Crippen molar-refractivity contribution in [1.82, 2.24) is 19.8 Å². The van der Waals surface area contributed by atoms with E-state index < -0.39 is 0 Å². The van der Waals surface area contributed by atoms with E-state index >= 15 is 0 Å². The summed E-state index contributed by atoms with van der Waals surface area (Å²) in [6, 6.07) is 8.62. The molecule has 0 amide bonds. The first-order valence-electron chi connectivity index (χ1n) is 9.30. The Labute approximate surface area is 180 Å². The molecule has 0 aliphatic heterocycles. The van der Waals surface area contributed by atoms with E-state index in [1.165, 1.54) is 11.1 Å². The van der Waals surface area contributed by atoms with Crippen molar-refractivity contribution in [2.24, 2.45) is 4.99 Å². The van der Waals surface area contributed by atoms with Crippen molar-refractivity contribution in [2.75, 3.05) is 20.1 Å². The number of hydrogen-bond donors (Lipinski definition) is 1. The Morgan fingerprint density at radius 3 is 2.81 bits per heavy atom. The summed E-state index contributed by atoms with van der Waals surface area (Å²) >= 11 is 0. The van der Waals surface area contributed by atoms with Gasteiger partial charge in [-0.2, -0.15) is 0 Å². The summed E-state index contributed by atoms with van der Waals surface area (Å²) in [5.41, 5.74) is 2.48. The number of nitrogens with zero attached hydrogens (tertiary/aromatic N) is 4. The Morgan fingerprint density at radius 1 is 1.37 bits per heavy atom. The second kappa shape index (κ2) is 12.5. The van der Waals surface area contributed by atoms with Crippen LogP contribution >= 0.6 is 24.0 Å². The van der Waals surface area contributed by atoms with Crippen molar-refractivity contribution in [3.63, 3.8) is 0 Å². The summed E-state index contributed by atoms with van der Waals surface area (Å²) in [6.07, 6.45) is 7.94. The van der Waals surface area contributed by atoms with E-state index in [-0.39, 0.29) is 24.0 Å². The minimum atomic E-state index is 0. The lowest BCUT2D eigenvalue weighted by Gasteiger charge is -2.21. The fraction of sp³-hybridized carbons (Fsp3) is 0.429. The fourth-order valence-electron chi connectivity index (χ4n) is 2.81. The topological polar surface area (TPSA) is 45.5 Å². The molecule has 27 heavy (non-hydrogen) atoms. The van der Waals surface area contributed by atoms with Crippen molar-refractivity contribution in [3.8, 4) is 0 Å². The van der Waals surface area contributed by atoms with Crippen LogP contribution < -0.4 is 5.32 Å². The van der Waals surface area contributed by atoms with Gasteiger partial charge < -0.3 is 14.8 Å². The van der Waals surface area contributed by atoms with E-state index in [0.29, 0.717) is 6.54 Å². The van der Waals surface area contributed by atoms with Crippen LogP contribution in [-0.2, 0) is 13.1 Å². The Balaban J connectivity index is 0.00000364. The van der Waals surface area contributed by atoms with E-state index in [1.807, 2.05) is 25.4 Å². The molecule has 0 saturated carbocycles. The van der Waals surface area contributed by atoms with Crippen molar-refractivity contribution >= 4 is 29.9 Å². The third-order valence-corrected chi connectivity index (χ3v) is 4.28. The van der Waals surface area contributed by atoms with Crippen LogP contribution in [0.1, 0.15) is 36.7 Å². The molecule has 0 aliphatic carbocycles. The maximum Gasteiger partial charge on any atom is 0.193 e. The summed E-state index contributed by atoms with van der Waals surface area (Å²) in [7, 11) is 2.09. The zero-order valence-electron chi connectivity index (χ0n) is 16.7. The van der Waals surface area contributed by atoms with Crippen LogP contribution in [0.4, 0.5) is 0 Å². The number of aryl methyl sites for hydroxylation is 1. The fourth-order valence-corrected chi connectivity index (χ4v) is 2.81. The predicted octanol–water partition coefficient (Wildman–Crippen LogP) is 4.22. The highest BCUT2D eigenvalue weighted by Crippen LogP contribution is 2.10. The largest absolute Gasteiger partial charge is 0.357 e. The third kappa shape index (κ3) is 7.74. The van der Waals surface area contributed by atoms with Gasteiger partial charge in [0, 0.05) is 39.1 Å². The molecule has 1 aromatic carbocycles. The maximum atomic E-state index is 4.80. The van der Waals surface area contributed by atoms with Crippen molar-refractivity contribution < 1.29 is 0 Å². The van der Waals surface area contributed by atoms with Crippen molar-refractivity contribution in [2.45, 2.75) is 39.8 Å². The number of hydrogen-bond acceptors (Lipinski definition) is 2. The van der Waals surface area contributed by atoms with Crippen LogP contribution in [-0.4, -0.2) is 40.5 Å². The van der Waals surface area contributed by atoms with E-state index in [1.54, 1.807) is 0 Å². The molecule has 0 fully saturated rings. The number of guanidine groups is 1. The van der Waals surface area contributed by atoms with E-state index in [0.717, 1.165) is 44.3 Å². The lowest BCUT2D eigenvalue weighted by molar-refractivity contribution is 0.470. The molecule has 148 valence electrons. The summed E-state index contributed by atoms with van der Waals surface area (Å²) < 4.78 is 2.15. The van der Waals surface area contributed by atoms with E-state index in [4.69, 9.17) is 4.99 Å². The second-order valence-electron chi connectivity index (χ2n) is 6.44. The average molecular weight is 481 g/mol. The first kappa shape index (κ1) is 23.2. The number of aromatic nitrogens is 2. The summed E-state index contributed by atoms with van der Waals surface area (Å²) in [4.78, 5) is 11.3. The first-order valence-corrected chi connectivity index (χ1v) is 9.30. The number of benzene rings is 1. The number of halogens is 1. The molecule has 1 heterocycles. The van der Waals surface area contributed by atoms with Crippen LogP contribution in [0.2, 0.25) is 0 Å². The lowest BCUT2D eigenvalue weighted by atomic mass is 10.1. The van der Waals surface area contributed by atoms with Crippen molar-refractivity contribution in [3.05, 3.63) is 66.3 Å². The van der Waals surface area contributed by atoms with Crippen LogP contribution in [0.3, 0.4) is 0 Å². The summed E-state index contributed by atoms with van der Waals surface area (Å²) in [5.74, 6) is 1.98. The smallest absolute Gasteiger partial charge is 0.193 e. The molecule has 2 rings (SSSR count). The lowest BCUT2D eigenvalue weighted by Crippen LogP contribution is -2.39. The van der Waals surface area contributed by atoms with Crippen molar-refractivity contribution in [1.29, 1.82) is 0 Å². The number of nitrogens with one attached hydrogen (secondary N) is 1. The number of aliphatic imine (C=N–C) groups is 1. The Kier molecular flexibility index (Phi) is 10.8. The minimum absolute atomic E-state index is 0. The molecule has 6 heteroatoms. The molecule has 0 bridgehead atoms. The Bertz CT molecular complexity index is 723. The number of unbranched alkanes of at least 4 members (excludes halogenated alkanes) is 1. The van der Waals surface area contributed by atoms with Crippen LogP contribution in [0.15, 0.2) is 54.3 Å². The molecule has 1 aromatic heterocycles. The number of rotatable bonds is 9. The van der Waals surface area contributed by atoms with Gasteiger partial charge in [-0.3, -0.25) is 0 Å². The molecule has 0 saturated heterocycles. The summed E-state index contributed by atoms with van der Waals surface area (Å²) in [6.45, 7) is 11.3. The van der Waals surface area contributed by atoms with Gasteiger partial charge in [-0.15, -0.1) is 30.6 Å². The Hall–Kier alpha value is -1.83. The average Bonchev–Trinajstić information content (AvgIpc) is 3.04. The van der Waals surface area contributed by atoms with Crippen LogP contribution in [0.25, 0.3) is 0 Å². The molecular weight excluding hydrogens is 449 g/mol. The van der Waals surface area contributed by atoms with Gasteiger partial charge in [-0.05, 0) is 37.8 Å². The molecule has 0 spiro atoms. The molecule has 0 atom stereocenters. The van der Waals surface area contributed by atoms with Gasteiger partial charge in [0.15, 0.2) is 5.96 Å². The molecule has 1 N–H and O–H groups in total. The van der Waals surface area contributed by atoms with Gasteiger partial charge in [0.25, 0.3) is 0 Å². The van der Waals surface area contributed by atoms with Gasteiger partial charge in [-0.25, -0.2) is 9.98 Å². The quantitative estimate of drug-likeness (QED) is 0.192. The first-order chi connectivity index (χ1) is 12.6. The normalized spacial score (nSPS) is 11.0. The molecule has 0 aliphatic rings. The summed E-state index contributed by atoms with van der Waals surface area (Å²) in [5, 5.41) is 3.38. The molecular formula is C21H32IN5. The number of imidazole rings is 1. The molecule has 5 nitrogen and oxygen atoms in total. The van der Waals surface area contributed by atoms with Gasteiger partial charge in [0.2, 0.25) is 0 Å². The highest BCUT2D eigenvalue weighted by atomic mass is 127. The maximum absolute atomic E-state index is 4.80. The SMILES string of the molecule is C=CCCCN(C)C(=NCc1cccc(Cn2ccnc2C)c1)NCC.I. The zero-order chi connectivity index (χ0) is 18.8. The van der Waals surface area contributed by atoms with Gasteiger partial charge >= 0.3 is 0 Å². The minimum Gasteiger partial charge on any atom is -0.357 e. The van der Waals surface area contributed by atoms with E-state index in [9.17, 15) is 0 Å². The standard InChI is InChI=1S/C21H31N5.HI/c1-5-7-8-13-25(4)21(22-6-2)24-16-19-10-9-11-20(15-19)17-26-14-12-23-18(26)3;/h5,9-12,14-15H,1,6-8,13,16-17H2,2-4H3,(H,22,24);1H. The predicted molar refractivity (Wildman–Crippen MR) is 125 cm³/mol. The highest BCUT2D eigenvalue weighted by Gasteiger charge is 2.05. The molecule has 0 unspecified atom stereocenters. The second-order valence-corrected chi connectivity index (χ2v) is 6.44. The zero-order valence-corrected chi connectivity index (χ0v) is 19.0. The van der Waals surface area contributed by atoms with Gasteiger partial charge in [0.1, 0.15) is 5.82 Å². The Morgan fingerprint density at radius 2 is 2.15 bits per heavy atom.